The Bertz CT molecular complexity index is 403. The number of likely N-dealkylation sites (tertiary alicyclic amines) is 1. The number of nitrogens with zero attached hydrogens (tertiary/aromatic N) is 2. The Balaban J connectivity index is 1.64. The smallest absolute Gasteiger partial charge is 0.214 e. The van der Waals surface area contributed by atoms with Crippen LogP contribution in [0.2, 0.25) is 0 Å². The van der Waals surface area contributed by atoms with Gasteiger partial charge in [0, 0.05) is 19.1 Å². The minimum atomic E-state index is -3.00. The molecule has 0 unspecified atom stereocenters. The van der Waals surface area contributed by atoms with E-state index in [4.69, 9.17) is 0 Å². The molecule has 0 aromatic rings. The normalized spacial score (nSPS) is 35.4. The van der Waals surface area contributed by atoms with Gasteiger partial charge >= 0.3 is 0 Å². The molecular formula is C13H24N2O2S. The fraction of sp³-hybridized carbons (Fsp3) is 1.00. The van der Waals surface area contributed by atoms with Gasteiger partial charge < -0.3 is 4.90 Å². The zero-order chi connectivity index (χ0) is 12.8. The summed E-state index contributed by atoms with van der Waals surface area (Å²) < 4.78 is 26.6. The Labute approximate surface area is 110 Å². The highest BCUT2D eigenvalue weighted by Gasteiger charge is 2.43. The van der Waals surface area contributed by atoms with Gasteiger partial charge in [0.2, 0.25) is 10.0 Å². The molecule has 4 nitrogen and oxygen atoms in total. The average Bonchev–Trinajstić information content (AvgIpc) is 2.97. The maximum atomic E-state index is 12.4. The molecule has 0 aromatic heterocycles. The van der Waals surface area contributed by atoms with Gasteiger partial charge in [-0.3, -0.25) is 0 Å². The van der Waals surface area contributed by atoms with Crippen LogP contribution in [0.5, 0.6) is 0 Å². The monoisotopic (exact) mass is 272 g/mol. The summed E-state index contributed by atoms with van der Waals surface area (Å²) in [5.41, 5.74) is 0. The molecule has 104 valence electrons. The minimum absolute atomic E-state index is 0.399. The van der Waals surface area contributed by atoms with Crippen LogP contribution >= 0.6 is 0 Å². The van der Waals surface area contributed by atoms with Crippen LogP contribution < -0.4 is 0 Å². The fourth-order valence-electron chi connectivity index (χ4n) is 3.94. The van der Waals surface area contributed by atoms with Crippen LogP contribution in [0.3, 0.4) is 0 Å². The SMILES string of the molecule is CN1CC[C@@H]2CN(S(=O)(=O)CC3CCCC3)C[C@@H]21. The van der Waals surface area contributed by atoms with Crippen LogP contribution in [0.4, 0.5) is 0 Å². The van der Waals surface area contributed by atoms with Crippen molar-refractivity contribution in [3.05, 3.63) is 0 Å². The first-order chi connectivity index (χ1) is 8.56. The number of fused-ring (bicyclic) bond motifs is 1. The van der Waals surface area contributed by atoms with Gasteiger partial charge in [-0.15, -0.1) is 0 Å². The second-order valence-corrected chi connectivity index (χ2v) is 8.36. The molecular weight excluding hydrogens is 248 g/mol. The highest BCUT2D eigenvalue weighted by Crippen LogP contribution is 2.33. The van der Waals surface area contributed by atoms with Crippen molar-refractivity contribution in [3.63, 3.8) is 0 Å². The van der Waals surface area contributed by atoms with Crippen molar-refractivity contribution >= 4 is 10.0 Å². The molecule has 0 radical (unpaired) electrons. The predicted molar refractivity (Wildman–Crippen MR) is 71.8 cm³/mol. The second-order valence-electron chi connectivity index (χ2n) is 6.34. The summed E-state index contributed by atoms with van der Waals surface area (Å²) in [6, 6.07) is 0.475. The number of sulfonamides is 1. The Morgan fingerprint density at radius 2 is 1.83 bits per heavy atom. The Kier molecular flexibility index (Phi) is 3.41. The van der Waals surface area contributed by atoms with E-state index in [1.165, 1.54) is 12.8 Å². The van der Waals surface area contributed by atoms with Gasteiger partial charge in [0.05, 0.1) is 5.75 Å². The standard InChI is InChI=1S/C13H24N2O2S/c1-14-7-6-12-8-15(9-13(12)14)18(16,17)10-11-4-2-3-5-11/h11-13H,2-10H2,1H3/t12-,13+/m1/s1. The zero-order valence-corrected chi connectivity index (χ0v) is 12.0. The molecule has 1 saturated carbocycles. The molecule has 0 bridgehead atoms. The third-order valence-corrected chi connectivity index (χ3v) is 7.08. The lowest BCUT2D eigenvalue weighted by Crippen LogP contribution is -2.37. The first-order valence-electron chi connectivity index (χ1n) is 7.24. The zero-order valence-electron chi connectivity index (χ0n) is 11.2. The van der Waals surface area contributed by atoms with Gasteiger partial charge in [-0.1, -0.05) is 12.8 Å². The number of likely N-dealkylation sites (N-methyl/N-ethyl adjacent to an activating group) is 1. The molecule has 2 aliphatic heterocycles. The van der Waals surface area contributed by atoms with E-state index >= 15 is 0 Å². The van der Waals surface area contributed by atoms with Crippen molar-refractivity contribution in [1.82, 2.24) is 9.21 Å². The molecule has 0 spiro atoms. The van der Waals surface area contributed by atoms with E-state index in [1.807, 2.05) is 0 Å². The van der Waals surface area contributed by atoms with Crippen molar-refractivity contribution in [2.24, 2.45) is 11.8 Å². The van der Waals surface area contributed by atoms with E-state index in [2.05, 4.69) is 11.9 Å². The quantitative estimate of drug-likeness (QED) is 0.773. The fourth-order valence-corrected chi connectivity index (χ4v) is 5.88. The molecule has 0 amide bonds. The minimum Gasteiger partial charge on any atom is -0.302 e. The molecule has 3 fully saturated rings. The Morgan fingerprint density at radius 1 is 1.11 bits per heavy atom. The van der Waals surface area contributed by atoms with Gasteiger partial charge in [0.15, 0.2) is 0 Å². The largest absolute Gasteiger partial charge is 0.302 e. The highest BCUT2D eigenvalue weighted by molar-refractivity contribution is 7.89. The average molecular weight is 272 g/mol. The van der Waals surface area contributed by atoms with E-state index < -0.39 is 10.0 Å². The summed E-state index contributed by atoms with van der Waals surface area (Å²) in [5.74, 6) is 1.40. The van der Waals surface area contributed by atoms with Gasteiger partial charge in [0.1, 0.15) is 0 Å². The molecule has 2 heterocycles. The molecule has 2 atom stereocenters. The summed E-state index contributed by atoms with van der Waals surface area (Å²) >= 11 is 0. The van der Waals surface area contributed by atoms with Gasteiger partial charge in [-0.2, -0.15) is 0 Å². The molecule has 0 N–H and O–H groups in total. The van der Waals surface area contributed by atoms with Crippen LogP contribution in [-0.2, 0) is 10.0 Å². The van der Waals surface area contributed by atoms with Crippen molar-refractivity contribution in [2.75, 3.05) is 32.4 Å². The first kappa shape index (κ1) is 12.9. The third kappa shape index (κ3) is 2.32. The highest BCUT2D eigenvalue weighted by atomic mass is 32.2. The van der Waals surface area contributed by atoms with Gasteiger partial charge in [-0.25, -0.2) is 12.7 Å². The van der Waals surface area contributed by atoms with Crippen molar-refractivity contribution in [2.45, 2.75) is 38.1 Å². The van der Waals surface area contributed by atoms with Crippen LogP contribution in [0, 0.1) is 11.8 Å². The van der Waals surface area contributed by atoms with Crippen LogP contribution in [0.15, 0.2) is 0 Å². The predicted octanol–water partition coefficient (Wildman–Crippen LogP) is 1.14. The maximum absolute atomic E-state index is 12.4. The molecule has 2 saturated heterocycles. The summed E-state index contributed by atoms with van der Waals surface area (Å²) in [7, 11) is -0.879. The Hall–Kier alpha value is -0.130. The maximum Gasteiger partial charge on any atom is 0.214 e. The van der Waals surface area contributed by atoms with E-state index in [0.717, 1.165) is 38.9 Å². The van der Waals surface area contributed by atoms with Crippen LogP contribution in [0.1, 0.15) is 32.1 Å². The lowest BCUT2D eigenvalue weighted by molar-refractivity contribution is 0.296. The van der Waals surface area contributed by atoms with Crippen LogP contribution in [-0.4, -0.2) is 56.1 Å². The third-order valence-electron chi connectivity index (χ3n) is 5.11. The summed E-state index contributed by atoms with van der Waals surface area (Å²) in [6.07, 6.45) is 5.82. The molecule has 1 aliphatic carbocycles. The van der Waals surface area contributed by atoms with Gasteiger partial charge in [-0.05, 0) is 44.7 Å². The van der Waals surface area contributed by atoms with Gasteiger partial charge in [0.25, 0.3) is 0 Å². The van der Waals surface area contributed by atoms with E-state index in [1.54, 1.807) is 4.31 Å². The molecule has 3 aliphatic rings. The topological polar surface area (TPSA) is 40.6 Å². The lowest BCUT2D eigenvalue weighted by atomic mass is 10.1. The molecule has 0 aromatic carbocycles. The summed E-state index contributed by atoms with van der Waals surface area (Å²) in [6.45, 7) is 2.63. The summed E-state index contributed by atoms with van der Waals surface area (Å²) in [5, 5.41) is 0. The van der Waals surface area contributed by atoms with E-state index in [-0.39, 0.29) is 0 Å². The van der Waals surface area contributed by atoms with E-state index in [9.17, 15) is 8.42 Å². The van der Waals surface area contributed by atoms with Crippen molar-refractivity contribution in [1.29, 1.82) is 0 Å². The lowest BCUT2D eigenvalue weighted by Gasteiger charge is -2.21. The summed E-state index contributed by atoms with van der Waals surface area (Å²) in [4.78, 5) is 2.33. The molecule has 5 heteroatoms. The van der Waals surface area contributed by atoms with Crippen molar-refractivity contribution in [3.8, 4) is 0 Å². The number of hydrogen-bond donors (Lipinski definition) is 0. The second kappa shape index (κ2) is 4.76. The number of hydrogen-bond acceptors (Lipinski definition) is 3. The number of rotatable bonds is 3. The van der Waals surface area contributed by atoms with E-state index in [0.29, 0.717) is 23.6 Å². The Morgan fingerprint density at radius 3 is 2.50 bits per heavy atom. The first-order valence-corrected chi connectivity index (χ1v) is 8.85. The molecule has 3 rings (SSSR count). The molecule has 18 heavy (non-hydrogen) atoms. The van der Waals surface area contributed by atoms with Crippen molar-refractivity contribution < 1.29 is 8.42 Å². The van der Waals surface area contributed by atoms with Crippen LogP contribution in [0.25, 0.3) is 0 Å².